The Labute approximate surface area is 119 Å². The van der Waals surface area contributed by atoms with Crippen molar-refractivity contribution in [1.29, 1.82) is 0 Å². The lowest BCUT2D eigenvalue weighted by Gasteiger charge is -2.45. The number of fused-ring (bicyclic) bond motifs is 3. The molecule has 20 heavy (non-hydrogen) atoms. The van der Waals surface area contributed by atoms with E-state index in [1.807, 2.05) is 13.8 Å². The molecule has 6 nitrogen and oxygen atoms in total. The quantitative estimate of drug-likeness (QED) is 0.703. The first-order chi connectivity index (χ1) is 9.35. The zero-order valence-electron chi connectivity index (χ0n) is 12.3. The molecule has 2 amide bonds. The van der Waals surface area contributed by atoms with Gasteiger partial charge in [-0.2, -0.15) is 0 Å². The minimum absolute atomic E-state index is 0.0626. The van der Waals surface area contributed by atoms with Gasteiger partial charge in [-0.3, -0.25) is 4.79 Å². The van der Waals surface area contributed by atoms with Gasteiger partial charge in [-0.05, 0) is 52.1 Å². The van der Waals surface area contributed by atoms with Crippen molar-refractivity contribution in [3.8, 4) is 0 Å². The van der Waals surface area contributed by atoms with E-state index in [1.165, 1.54) is 0 Å². The molecule has 6 heteroatoms. The first kappa shape index (κ1) is 15.1. The predicted octanol–water partition coefficient (Wildman–Crippen LogP) is 1.02. The number of hydrogen-bond donors (Lipinski definition) is 3. The van der Waals surface area contributed by atoms with E-state index in [9.17, 15) is 9.59 Å². The molecule has 2 bridgehead atoms. The molecule has 114 valence electrons. The lowest BCUT2D eigenvalue weighted by atomic mass is 9.84. The average Bonchev–Trinajstić information content (AvgIpc) is 2.37. The van der Waals surface area contributed by atoms with Crippen molar-refractivity contribution in [1.82, 2.24) is 15.5 Å². The van der Waals surface area contributed by atoms with Gasteiger partial charge in [0.15, 0.2) is 0 Å². The highest BCUT2D eigenvalue weighted by Gasteiger charge is 2.35. The van der Waals surface area contributed by atoms with Gasteiger partial charge >= 0.3 is 12.0 Å². The molecule has 0 saturated carbocycles. The number of amides is 2. The maximum absolute atomic E-state index is 12.1. The Kier molecular flexibility index (Phi) is 4.52. The van der Waals surface area contributed by atoms with E-state index in [1.54, 1.807) is 0 Å². The van der Waals surface area contributed by atoms with Crippen molar-refractivity contribution in [2.24, 2.45) is 5.92 Å². The van der Waals surface area contributed by atoms with Crippen LogP contribution in [0.2, 0.25) is 0 Å². The molecule has 3 N–H and O–H groups in total. The van der Waals surface area contributed by atoms with Gasteiger partial charge in [-0.1, -0.05) is 0 Å². The third-order valence-electron chi connectivity index (χ3n) is 4.39. The fourth-order valence-electron chi connectivity index (χ4n) is 3.12. The van der Waals surface area contributed by atoms with Gasteiger partial charge in [0, 0.05) is 24.5 Å². The molecule has 0 radical (unpaired) electrons. The van der Waals surface area contributed by atoms with Crippen LogP contribution < -0.4 is 10.6 Å². The van der Waals surface area contributed by atoms with Crippen LogP contribution in [-0.4, -0.2) is 53.2 Å². The van der Waals surface area contributed by atoms with Crippen LogP contribution in [-0.2, 0) is 4.79 Å². The number of carboxylic acids is 1. The number of piperidine rings is 3. The van der Waals surface area contributed by atoms with Gasteiger partial charge in [-0.25, -0.2) is 4.79 Å². The molecule has 0 spiro atoms. The van der Waals surface area contributed by atoms with Crippen molar-refractivity contribution in [2.75, 3.05) is 19.6 Å². The molecular formula is C14H25N3O3. The van der Waals surface area contributed by atoms with Crippen molar-refractivity contribution in [3.05, 3.63) is 0 Å². The molecule has 3 saturated heterocycles. The molecule has 0 aliphatic carbocycles. The smallest absolute Gasteiger partial charge is 0.315 e. The minimum atomic E-state index is -0.835. The molecule has 3 rings (SSSR count). The zero-order valence-corrected chi connectivity index (χ0v) is 12.3. The molecule has 0 aromatic rings. The SMILES string of the molecule is CC(C)(CCC(=O)O)NC(=O)NC1CN2CCC1CC2. The van der Waals surface area contributed by atoms with Gasteiger partial charge in [-0.15, -0.1) is 0 Å². The van der Waals surface area contributed by atoms with Crippen LogP contribution in [0.4, 0.5) is 4.79 Å². The Morgan fingerprint density at radius 1 is 1.30 bits per heavy atom. The minimum Gasteiger partial charge on any atom is -0.481 e. The maximum Gasteiger partial charge on any atom is 0.315 e. The monoisotopic (exact) mass is 283 g/mol. The number of carbonyl (C=O) groups excluding carboxylic acids is 1. The summed E-state index contributed by atoms with van der Waals surface area (Å²) >= 11 is 0. The molecular weight excluding hydrogens is 258 g/mol. The number of carbonyl (C=O) groups is 2. The zero-order chi connectivity index (χ0) is 14.8. The highest BCUT2D eigenvalue weighted by molar-refractivity contribution is 5.75. The number of aliphatic carboxylic acids is 1. The summed E-state index contributed by atoms with van der Waals surface area (Å²) in [7, 11) is 0. The summed E-state index contributed by atoms with van der Waals surface area (Å²) in [4.78, 5) is 25.1. The molecule has 3 fully saturated rings. The largest absolute Gasteiger partial charge is 0.481 e. The number of rotatable bonds is 5. The number of hydrogen-bond acceptors (Lipinski definition) is 3. The van der Waals surface area contributed by atoms with Crippen molar-refractivity contribution < 1.29 is 14.7 Å². The summed E-state index contributed by atoms with van der Waals surface area (Å²) < 4.78 is 0. The van der Waals surface area contributed by atoms with E-state index in [4.69, 9.17) is 5.11 Å². The summed E-state index contributed by atoms with van der Waals surface area (Å²) in [5.74, 6) is -0.245. The Morgan fingerprint density at radius 2 is 1.95 bits per heavy atom. The van der Waals surface area contributed by atoms with Crippen LogP contribution in [0, 0.1) is 5.92 Å². The first-order valence-electron chi connectivity index (χ1n) is 7.38. The van der Waals surface area contributed by atoms with E-state index in [0.717, 1.165) is 32.5 Å². The lowest BCUT2D eigenvalue weighted by Crippen LogP contribution is -2.60. The Balaban J connectivity index is 1.78. The standard InChI is InChI=1S/C14H25N3O3/c1-14(2,6-3-12(18)19)16-13(20)15-11-9-17-7-4-10(11)5-8-17/h10-11H,3-9H2,1-2H3,(H,18,19)(H2,15,16,20). The third kappa shape index (κ3) is 4.10. The van der Waals surface area contributed by atoms with Gasteiger partial charge in [0.1, 0.15) is 0 Å². The van der Waals surface area contributed by atoms with Crippen LogP contribution in [0.3, 0.4) is 0 Å². The van der Waals surface area contributed by atoms with Gasteiger partial charge in [0.05, 0.1) is 0 Å². The predicted molar refractivity (Wildman–Crippen MR) is 75.6 cm³/mol. The number of nitrogens with one attached hydrogen (secondary N) is 2. The number of urea groups is 1. The van der Waals surface area contributed by atoms with Crippen molar-refractivity contribution in [3.63, 3.8) is 0 Å². The molecule has 3 aliphatic rings. The summed E-state index contributed by atoms with van der Waals surface area (Å²) in [6.07, 6.45) is 2.81. The van der Waals surface area contributed by atoms with Crippen molar-refractivity contribution >= 4 is 12.0 Å². The molecule has 0 aromatic heterocycles. The number of carboxylic acid groups (broad SMARTS) is 1. The van der Waals surface area contributed by atoms with Gasteiger partial charge in [0.25, 0.3) is 0 Å². The Hall–Kier alpha value is -1.30. The molecule has 1 unspecified atom stereocenters. The van der Waals surface area contributed by atoms with Crippen LogP contribution in [0.15, 0.2) is 0 Å². The second-order valence-electron chi connectivity index (χ2n) is 6.62. The molecule has 0 aromatic carbocycles. The van der Waals surface area contributed by atoms with Crippen LogP contribution in [0.25, 0.3) is 0 Å². The van der Waals surface area contributed by atoms with Gasteiger partial charge < -0.3 is 20.6 Å². The fraction of sp³-hybridized carbons (Fsp3) is 0.857. The molecule has 3 heterocycles. The van der Waals surface area contributed by atoms with E-state index >= 15 is 0 Å². The molecule has 1 atom stereocenters. The van der Waals surface area contributed by atoms with Crippen LogP contribution in [0.1, 0.15) is 39.5 Å². The Bertz CT molecular complexity index is 376. The normalized spacial score (nSPS) is 29.0. The highest BCUT2D eigenvalue weighted by Crippen LogP contribution is 2.27. The average molecular weight is 283 g/mol. The van der Waals surface area contributed by atoms with E-state index in [0.29, 0.717) is 12.3 Å². The highest BCUT2D eigenvalue weighted by atomic mass is 16.4. The van der Waals surface area contributed by atoms with E-state index < -0.39 is 11.5 Å². The van der Waals surface area contributed by atoms with Crippen LogP contribution in [0.5, 0.6) is 0 Å². The first-order valence-corrected chi connectivity index (χ1v) is 7.38. The lowest BCUT2D eigenvalue weighted by molar-refractivity contribution is -0.137. The van der Waals surface area contributed by atoms with E-state index in [-0.39, 0.29) is 18.5 Å². The fourth-order valence-corrected chi connectivity index (χ4v) is 3.12. The summed E-state index contributed by atoms with van der Waals surface area (Å²) in [6.45, 7) is 6.94. The Morgan fingerprint density at radius 3 is 2.45 bits per heavy atom. The summed E-state index contributed by atoms with van der Waals surface area (Å²) in [5.41, 5.74) is -0.504. The topological polar surface area (TPSA) is 81.7 Å². The van der Waals surface area contributed by atoms with Crippen molar-refractivity contribution in [2.45, 2.75) is 51.1 Å². The summed E-state index contributed by atoms with van der Waals surface area (Å²) in [5, 5.41) is 14.7. The second kappa shape index (κ2) is 5.99. The maximum atomic E-state index is 12.1. The second-order valence-corrected chi connectivity index (χ2v) is 6.62. The van der Waals surface area contributed by atoms with Crippen LogP contribution >= 0.6 is 0 Å². The number of nitrogens with zero attached hydrogens (tertiary/aromatic N) is 1. The third-order valence-corrected chi connectivity index (χ3v) is 4.39. The van der Waals surface area contributed by atoms with Gasteiger partial charge in [0.2, 0.25) is 0 Å². The molecule has 3 aliphatic heterocycles. The van der Waals surface area contributed by atoms with E-state index in [2.05, 4.69) is 15.5 Å². The summed E-state index contributed by atoms with van der Waals surface area (Å²) in [6, 6.07) is 0.0481.